The van der Waals surface area contributed by atoms with Crippen molar-refractivity contribution in [2.45, 2.75) is 46.3 Å². The Morgan fingerprint density at radius 3 is 2.34 bits per heavy atom. The zero-order chi connectivity index (χ0) is 25.8. The number of anilines is 1. The van der Waals surface area contributed by atoms with Crippen LogP contribution in [0.2, 0.25) is 5.02 Å². The van der Waals surface area contributed by atoms with Crippen LogP contribution in [0, 0.1) is 0 Å². The van der Waals surface area contributed by atoms with E-state index in [1.54, 1.807) is 43.3 Å². The topological polar surface area (TPSA) is 105 Å². The van der Waals surface area contributed by atoms with E-state index in [0.717, 1.165) is 9.87 Å². The lowest BCUT2D eigenvalue weighted by Gasteiger charge is -2.32. The van der Waals surface area contributed by atoms with Crippen LogP contribution in [0.4, 0.5) is 5.69 Å². The second-order valence-corrected chi connectivity index (χ2v) is 11.1. The molecule has 0 fully saturated rings. The molecule has 0 saturated carbocycles. The summed E-state index contributed by atoms with van der Waals surface area (Å²) in [5.74, 6) is -0.183. The molecule has 11 heteroatoms. The number of amides is 2. The van der Waals surface area contributed by atoms with Crippen LogP contribution in [0.15, 0.2) is 42.5 Å². The van der Waals surface area contributed by atoms with Crippen LogP contribution in [0.5, 0.6) is 11.5 Å². The number of carbonyl (C=O) groups excluding carboxylic acids is 2. The van der Waals surface area contributed by atoms with Gasteiger partial charge < -0.3 is 19.7 Å². The Morgan fingerprint density at radius 1 is 1.06 bits per heavy atom. The molecule has 0 aromatic heterocycles. The van der Waals surface area contributed by atoms with E-state index in [9.17, 15) is 18.0 Å². The summed E-state index contributed by atoms with van der Waals surface area (Å²) in [7, 11) is -3.83. The fourth-order valence-corrected chi connectivity index (χ4v) is 4.71. The molecule has 9 nitrogen and oxygen atoms in total. The average Bonchev–Trinajstić information content (AvgIpc) is 3.29. The number of nitrogens with one attached hydrogen (secondary N) is 1. The number of ether oxygens (including phenoxy) is 2. The van der Waals surface area contributed by atoms with Gasteiger partial charge in [-0.3, -0.25) is 13.9 Å². The monoisotopic (exact) mass is 523 g/mol. The standard InChI is InChI=1S/C24H30ClN3O6S/c1-5-35(31,32)28(20-10-11-21-22(12-20)34-15-33-21)14-23(29)27(17(4)24(30)26-16(2)3)13-18-6-8-19(25)9-7-18/h6-12,16-17H,5,13-15H2,1-4H3,(H,26,30). The van der Waals surface area contributed by atoms with Gasteiger partial charge in [0, 0.05) is 23.7 Å². The van der Waals surface area contributed by atoms with Gasteiger partial charge in [-0.05, 0) is 57.5 Å². The number of benzene rings is 2. The first-order chi connectivity index (χ1) is 16.5. The van der Waals surface area contributed by atoms with Crippen LogP contribution in [0.25, 0.3) is 0 Å². The highest BCUT2D eigenvalue weighted by atomic mass is 35.5. The molecule has 1 N–H and O–H groups in total. The van der Waals surface area contributed by atoms with Crippen molar-refractivity contribution in [1.82, 2.24) is 10.2 Å². The van der Waals surface area contributed by atoms with Crippen LogP contribution in [0.1, 0.15) is 33.3 Å². The summed E-state index contributed by atoms with van der Waals surface area (Å²) in [5.41, 5.74) is 1.02. The van der Waals surface area contributed by atoms with Crippen molar-refractivity contribution < 1.29 is 27.5 Å². The summed E-state index contributed by atoms with van der Waals surface area (Å²) in [6.45, 7) is 6.42. The Bertz CT molecular complexity index is 1170. The first kappa shape index (κ1) is 26.6. The molecule has 1 aliphatic rings. The number of sulfonamides is 1. The third-order valence-corrected chi connectivity index (χ3v) is 7.48. The molecule has 1 atom stereocenters. The van der Waals surface area contributed by atoms with E-state index in [1.807, 2.05) is 13.8 Å². The molecule has 2 amide bonds. The van der Waals surface area contributed by atoms with Crippen molar-refractivity contribution in [2.75, 3.05) is 23.4 Å². The number of fused-ring (bicyclic) bond motifs is 1. The second-order valence-electron chi connectivity index (χ2n) is 8.43. The maximum Gasteiger partial charge on any atom is 0.244 e. The zero-order valence-electron chi connectivity index (χ0n) is 20.2. The van der Waals surface area contributed by atoms with Gasteiger partial charge in [0.2, 0.25) is 28.6 Å². The number of nitrogens with zero attached hydrogens (tertiary/aromatic N) is 2. The van der Waals surface area contributed by atoms with Gasteiger partial charge in [0.25, 0.3) is 0 Å². The van der Waals surface area contributed by atoms with Crippen molar-refractivity contribution in [2.24, 2.45) is 0 Å². The van der Waals surface area contributed by atoms with E-state index in [4.69, 9.17) is 21.1 Å². The molecule has 0 aliphatic carbocycles. The fourth-order valence-electron chi connectivity index (χ4n) is 3.53. The lowest BCUT2D eigenvalue weighted by molar-refractivity contribution is -0.139. The predicted octanol–water partition coefficient (Wildman–Crippen LogP) is 3.17. The molecule has 2 aromatic rings. The van der Waals surface area contributed by atoms with Crippen LogP contribution in [0.3, 0.4) is 0 Å². The average molecular weight is 524 g/mol. The van der Waals surface area contributed by atoms with E-state index in [-0.39, 0.29) is 36.7 Å². The number of hydrogen-bond acceptors (Lipinski definition) is 6. The molecule has 0 spiro atoms. The molecule has 190 valence electrons. The highest BCUT2D eigenvalue weighted by molar-refractivity contribution is 7.92. The molecule has 0 radical (unpaired) electrons. The minimum atomic E-state index is -3.83. The SMILES string of the molecule is CCS(=O)(=O)N(CC(=O)N(Cc1ccc(Cl)cc1)C(C)C(=O)NC(C)C)c1ccc2c(c1)OCO2. The van der Waals surface area contributed by atoms with Gasteiger partial charge in [-0.1, -0.05) is 23.7 Å². The highest BCUT2D eigenvalue weighted by Gasteiger charge is 2.31. The summed E-state index contributed by atoms with van der Waals surface area (Å²) in [6, 6.07) is 10.6. The highest BCUT2D eigenvalue weighted by Crippen LogP contribution is 2.36. The van der Waals surface area contributed by atoms with E-state index in [0.29, 0.717) is 16.5 Å². The normalized spacial score (nSPS) is 13.4. The lowest BCUT2D eigenvalue weighted by Crippen LogP contribution is -2.52. The lowest BCUT2D eigenvalue weighted by atomic mass is 10.1. The second kappa shape index (κ2) is 11.2. The van der Waals surface area contributed by atoms with Gasteiger partial charge >= 0.3 is 0 Å². The summed E-state index contributed by atoms with van der Waals surface area (Å²) in [4.78, 5) is 27.7. The Hall–Kier alpha value is -2.98. The number of hydrogen-bond donors (Lipinski definition) is 1. The molecule has 0 bridgehead atoms. The van der Waals surface area contributed by atoms with Crippen molar-refractivity contribution in [1.29, 1.82) is 0 Å². The summed E-state index contributed by atoms with van der Waals surface area (Å²) in [5, 5.41) is 3.35. The number of rotatable bonds is 10. The molecule has 35 heavy (non-hydrogen) atoms. The smallest absolute Gasteiger partial charge is 0.244 e. The van der Waals surface area contributed by atoms with Crippen molar-refractivity contribution in [3.8, 4) is 11.5 Å². The van der Waals surface area contributed by atoms with E-state index < -0.39 is 28.5 Å². The quantitative estimate of drug-likeness (QED) is 0.513. The third kappa shape index (κ3) is 6.58. The Kier molecular flexibility index (Phi) is 8.50. The van der Waals surface area contributed by atoms with Gasteiger partial charge in [0.15, 0.2) is 11.5 Å². The van der Waals surface area contributed by atoms with Crippen molar-refractivity contribution in [3.05, 3.63) is 53.1 Å². The largest absolute Gasteiger partial charge is 0.454 e. The summed E-state index contributed by atoms with van der Waals surface area (Å²) in [6.07, 6.45) is 0. The molecule has 0 saturated heterocycles. The first-order valence-electron chi connectivity index (χ1n) is 11.3. The minimum absolute atomic E-state index is 0.0373. The number of carbonyl (C=O) groups is 2. The maximum absolute atomic E-state index is 13.6. The van der Waals surface area contributed by atoms with Crippen LogP contribution in [-0.4, -0.2) is 56.3 Å². The van der Waals surface area contributed by atoms with Gasteiger partial charge in [0.1, 0.15) is 12.6 Å². The Morgan fingerprint density at radius 2 is 1.71 bits per heavy atom. The maximum atomic E-state index is 13.6. The fraction of sp³-hybridized carbons (Fsp3) is 0.417. The molecular formula is C24H30ClN3O6S. The van der Waals surface area contributed by atoms with Gasteiger partial charge in [0.05, 0.1) is 11.4 Å². The zero-order valence-corrected chi connectivity index (χ0v) is 21.7. The summed E-state index contributed by atoms with van der Waals surface area (Å²) < 4.78 is 37.7. The first-order valence-corrected chi connectivity index (χ1v) is 13.2. The van der Waals surface area contributed by atoms with Crippen molar-refractivity contribution >= 4 is 39.1 Å². The molecule has 1 heterocycles. The van der Waals surface area contributed by atoms with Crippen LogP contribution >= 0.6 is 11.6 Å². The van der Waals surface area contributed by atoms with Gasteiger partial charge in [-0.25, -0.2) is 8.42 Å². The third-order valence-electron chi connectivity index (χ3n) is 5.49. The summed E-state index contributed by atoms with van der Waals surface area (Å²) >= 11 is 5.99. The van der Waals surface area contributed by atoms with E-state index >= 15 is 0 Å². The molecule has 1 aliphatic heterocycles. The minimum Gasteiger partial charge on any atom is -0.454 e. The Labute approximate surface area is 211 Å². The van der Waals surface area contributed by atoms with Crippen LogP contribution < -0.4 is 19.1 Å². The van der Waals surface area contributed by atoms with Crippen LogP contribution in [-0.2, 0) is 26.2 Å². The number of halogens is 1. The van der Waals surface area contributed by atoms with E-state index in [2.05, 4.69) is 5.32 Å². The Balaban J connectivity index is 1.93. The van der Waals surface area contributed by atoms with Gasteiger partial charge in [-0.15, -0.1) is 0 Å². The molecule has 3 rings (SSSR count). The molecule has 1 unspecified atom stereocenters. The molecular weight excluding hydrogens is 494 g/mol. The van der Waals surface area contributed by atoms with E-state index in [1.165, 1.54) is 17.9 Å². The molecule has 2 aromatic carbocycles. The van der Waals surface area contributed by atoms with Gasteiger partial charge in [-0.2, -0.15) is 0 Å². The van der Waals surface area contributed by atoms with Crippen molar-refractivity contribution in [3.63, 3.8) is 0 Å². The predicted molar refractivity (Wildman–Crippen MR) is 134 cm³/mol.